The van der Waals surface area contributed by atoms with Crippen LogP contribution in [0.25, 0.3) is 6.08 Å². The standard InChI is InChI=1S/C17H18ClNO5/c18-13-1-2-15-11(8-13)7-12(10-24-15)17(22)19(9-16(20)21)14-3-5-23-6-4-14/h1-2,7-8,14H,3-6,9-10H2,(H,20,21). The highest BCUT2D eigenvalue weighted by Gasteiger charge is 2.30. The molecule has 2 aliphatic rings. The van der Waals surface area contributed by atoms with Crippen LogP contribution in [0.5, 0.6) is 5.75 Å². The summed E-state index contributed by atoms with van der Waals surface area (Å²) in [4.78, 5) is 25.5. The average Bonchev–Trinajstić information content (AvgIpc) is 2.59. The van der Waals surface area contributed by atoms with Crippen molar-refractivity contribution in [2.75, 3.05) is 26.4 Å². The van der Waals surface area contributed by atoms with Crippen molar-refractivity contribution in [1.82, 2.24) is 4.90 Å². The van der Waals surface area contributed by atoms with Crippen molar-refractivity contribution >= 4 is 29.6 Å². The Kier molecular flexibility index (Phi) is 5.06. The molecule has 1 fully saturated rings. The Bertz CT molecular complexity index is 682. The van der Waals surface area contributed by atoms with Gasteiger partial charge in [-0.1, -0.05) is 11.6 Å². The van der Waals surface area contributed by atoms with Crippen molar-refractivity contribution in [2.24, 2.45) is 0 Å². The summed E-state index contributed by atoms with van der Waals surface area (Å²) in [5.41, 5.74) is 1.15. The van der Waals surface area contributed by atoms with Crippen LogP contribution in [0.3, 0.4) is 0 Å². The molecule has 0 saturated carbocycles. The van der Waals surface area contributed by atoms with E-state index in [9.17, 15) is 9.59 Å². The van der Waals surface area contributed by atoms with Crippen molar-refractivity contribution in [3.63, 3.8) is 0 Å². The smallest absolute Gasteiger partial charge is 0.323 e. The molecule has 0 bridgehead atoms. The summed E-state index contributed by atoms with van der Waals surface area (Å²) in [6.07, 6.45) is 2.99. The molecule has 1 amide bonds. The number of fused-ring (bicyclic) bond motifs is 1. The van der Waals surface area contributed by atoms with E-state index in [1.807, 2.05) is 0 Å². The molecule has 1 aromatic rings. The molecule has 7 heteroatoms. The molecule has 3 rings (SSSR count). The first-order valence-electron chi connectivity index (χ1n) is 7.78. The van der Waals surface area contributed by atoms with E-state index < -0.39 is 5.97 Å². The number of carbonyl (C=O) groups excluding carboxylic acids is 1. The molecule has 1 aromatic carbocycles. The van der Waals surface area contributed by atoms with Crippen LogP contribution in [0.4, 0.5) is 0 Å². The Labute approximate surface area is 144 Å². The second kappa shape index (κ2) is 7.23. The third-order valence-electron chi connectivity index (χ3n) is 4.16. The van der Waals surface area contributed by atoms with Crippen molar-refractivity contribution in [2.45, 2.75) is 18.9 Å². The first kappa shape index (κ1) is 16.8. The summed E-state index contributed by atoms with van der Waals surface area (Å²) in [7, 11) is 0. The fourth-order valence-electron chi connectivity index (χ4n) is 2.97. The van der Waals surface area contributed by atoms with Crippen molar-refractivity contribution in [3.05, 3.63) is 34.4 Å². The molecule has 6 nitrogen and oxygen atoms in total. The van der Waals surface area contributed by atoms with Crippen molar-refractivity contribution in [3.8, 4) is 5.75 Å². The molecule has 0 unspecified atom stereocenters. The molecule has 2 aliphatic heterocycles. The highest BCUT2D eigenvalue weighted by Crippen LogP contribution is 2.30. The molecular formula is C17H18ClNO5. The summed E-state index contributed by atoms with van der Waals surface area (Å²) >= 11 is 5.99. The lowest BCUT2D eigenvalue weighted by atomic mass is 10.0. The van der Waals surface area contributed by atoms with Crippen LogP contribution in [-0.2, 0) is 14.3 Å². The van der Waals surface area contributed by atoms with E-state index in [-0.39, 0.29) is 25.1 Å². The Hall–Kier alpha value is -2.05. The summed E-state index contributed by atoms with van der Waals surface area (Å²) in [5, 5.41) is 9.71. The largest absolute Gasteiger partial charge is 0.488 e. The number of carboxylic acid groups (broad SMARTS) is 1. The van der Waals surface area contributed by atoms with Gasteiger partial charge in [0.1, 0.15) is 18.9 Å². The first-order chi connectivity index (χ1) is 11.5. The van der Waals surface area contributed by atoms with Crippen molar-refractivity contribution in [1.29, 1.82) is 0 Å². The molecule has 0 radical (unpaired) electrons. The van der Waals surface area contributed by atoms with Gasteiger partial charge in [0, 0.05) is 29.8 Å². The van der Waals surface area contributed by atoms with Gasteiger partial charge in [0.25, 0.3) is 5.91 Å². The molecule has 0 spiro atoms. The number of carbonyl (C=O) groups is 2. The number of halogens is 1. The molecule has 24 heavy (non-hydrogen) atoms. The van der Waals surface area contributed by atoms with Crippen LogP contribution in [0.2, 0.25) is 5.02 Å². The molecule has 1 N–H and O–H groups in total. The van der Waals surface area contributed by atoms with Gasteiger partial charge in [0.2, 0.25) is 0 Å². The molecule has 0 aliphatic carbocycles. The number of benzene rings is 1. The first-order valence-corrected chi connectivity index (χ1v) is 8.16. The van der Waals surface area contributed by atoms with E-state index in [4.69, 9.17) is 26.2 Å². The Morgan fingerprint density at radius 1 is 1.29 bits per heavy atom. The Balaban J connectivity index is 1.85. The zero-order valence-electron chi connectivity index (χ0n) is 13.0. The normalized spacial score (nSPS) is 17.5. The second-order valence-electron chi connectivity index (χ2n) is 5.81. The Morgan fingerprint density at radius 3 is 2.75 bits per heavy atom. The summed E-state index contributed by atoms with van der Waals surface area (Å²) in [6, 6.07) is 5.06. The number of rotatable bonds is 4. The lowest BCUT2D eigenvalue weighted by molar-refractivity contribution is -0.146. The minimum atomic E-state index is -1.03. The van der Waals surface area contributed by atoms with Crippen molar-refractivity contribution < 1.29 is 24.2 Å². The number of nitrogens with zero attached hydrogens (tertiary/aromatic N) is 1. The van der Waals surface area contributed by atoms with Gasteiger partial charge >= 0.3 is 5.97 Å². The van der Waals surface area contributed by atoms with E-state index in [1.165, 1.54) is 4.90 Å². The van der Waals surface area contributed by atoms with Gasteiger partial charge in [0.15, 0.2) is 0 Å². The maximum Gasteiger partial charge on any atom is 0.323 e. The Morgan fingerprint density at radius 2 is 2.04 bits per heavy atom. The second-order valence-corrected chi connectivity index (χ2v) is 6.25. The van der Waals surface area contributed by atoms with Gasteiger partial charge in [-0.05, 0) is 37.1 Å². The minimum Gasteiger partial charge on any atom is -0.488 e. The number of hydrogen-bond acceptors (Lipinski definition) is 4. The minimum absolute atomic E-state index is 0.118. The maximum absolute atomic E-state index is 12.9. The van der Waals surface area contributed by atoms with E-state index in [2.05, 4.69) is 0 Å². The predicted molar refractivity (Wildman–Crippen MR) is 88.1 cm³/mol. The van der Waals surface area contributed by atoms with Crippen LogP contribution in [-0.4, -0.2) is 54.3 Å². The SMILES string of the molecule is O=C(O)CN(C(=O)C1=Cc2cc(Cl)ccc2OC1)C1CCOCC1. The highest BCUT2D eigenvalue weighted by molar-refractivity contribution is 6.30. The fraction of sp³-hybridized carbons (Fsp3) is 0.412. The highest BCUT2D eigenvalue weighted by atomic mass is 35.5. The zero-order chi connectivity index (χ0) is 17.1. The van der Waals surface area contributed by atoms with Gasteiger partial charge in [-0.25, -0.2) is 0 Å². The molecule has 0 atom stereocenters. The van der Waals surface area contributed by atoms with Crippen LogP contribution in [0, 0.1) is 0 Å². The quantitative estimate of drug-likeness (QED) is 0.900. The van der Waals surface area contributed by atoms with Gasteiger partial charge in [-0.2, -0.15) is 0 Å². The molecular weight excluding hydrogens is 334 g/mol. The van der Waals surface area contributed by atoms with E-state index >= 15 is 0 Å². The number of carboxylic acids is 1. The monoisotopic (exact) mass is 351 g/mol. The molecule has 0 aromatic heterocycles. The molecule has 1 saturated heterocycles. The van der Waals surface area contributed by atoms with E-state index in [1.54, 1.807) is 24.3 Å². The summed E-state index contributed by atoms with van der Waals surface area (Å²) in [5.74, 6) is -0.683. The summed E-state index contributed by atoms with van der Waals surface area (Å²) < 4.78 is 10.9. The van der Waals surface area contributed by atoms with Gasteiger partial charge in [-0.3, -0.25) is 9.59 Å². The maximum atomic E-state index is 12.9. The van der Waals surface area contributed by atoms with Gasteiger partial charge in [-0.15, -0.1) is 0 Å². The molecule has 128 valence electrons. The van der Waals surface area contributed by atoms with Crippen LogP contribution < -0.4 is 4.74 Å². The third kappa shape index (κ3) is 3.71. The predicted octanol–water partition coefficient (Wildman–Crippen LogP) is 2.21. The zero-order valence-corrected chi connectivity index (χ0v) is 13.8. The van der Waals surface area contributed by atoms with E-state index in [0.717, 1.165) is 5.56 Å². The van der Waals surface area contributed by atoms with Crippen LogP contribution in [0.1, 0.15) is 18.4 Å². The number of amides is 1. The molecule has 2 heterocycles. The fourth-order valence-corrected chi connectivity index (χ4v) is 3.15. The number of aliphatic carboxylic acids is 1. The lowest BCUT2D eigenvalue weighted by Crippen LogP contribution is -2.47. The lowest BCUT2D eigenvalue weighted by Gasteiger charge is -2.34. The third-order valence-corrected chi connectivity index (χ3v) is 4.39. The topological polar surface area (TPSA) is 76.1 Å². The number of ether oxygens (including phenoxy) is 2. The van der Waals surface area contributed by atoms with Crippen LogP contribution in [0.15, 0.2) is 23.8 Å². The van der Waals surface area contributed by atoms with E-state index in [0.29, 0.717) is 42.4 Å². The van der Waals surface area contributed by atoms with Gasteiger partial charge < -0.3 is 19.5 Å². The van der Waals surface area contributed by atoms with Crippen LogP contribution >= 0.6 is 11.6 Å². The van der Waals surface area contributed by atoms with Gasteiger partial charge in [0.05, 0.1) is 5.57 Å². The average molecular weight is 352 g/mol. The summed E-state index contributed by atoms with van der Waals surface area (Å²) in [6.45, 7) is 0.847. The number of hydrogen-bond donors (Lipinski definition) is 1.